The minimum Gasteiger partial charge on any atom is -0.494 e. The van der Waals surface area contributed by atoms with Crippen molar-refractivity contribution in [3.8, 4) is 5.75 Å². The molecule has 1 aromatic rings. The molecule has 0 saturated carbocycles. The van der Waals surface area contributed by atoms with E-state index in [1.165, 1.54) is 0 Å². The van der Waals surface area contributed by atoms with Gasteiger partial charge in [-0.25, -0.2) is 0 Å². The fourth-order valence-corrected chi connectivity index (χ4v) is 1.76. The number of carbonyl (C=O) groups is 2. The molecule has 0 amide bonds. The Labute approximate surface area is 107 Å². The second-order valence-electron chi connectivity index (χ2n) is 4.38. The van der Waals surface area contributed by atoms with Crippen LogP contribution in [-0.4, -0.2) is 23.5 Å². The third-order valence-electron chi connectivity index (χ3n) is 2.67. The summed E-state index contributed by atoms with van der Waals surface area (Å²) in [6, 6.07) is 6.56. The first kappa shape index (κ1) is 14.2. The highest BCUT2D eigenvalue weighted by atomic mass is 16.5. The van der Waals surface area contributed by atoms with Gasteiger partial charge < -0.3 is 9.84 Å². The van der Waals surface area contributed by atoms with Crippen LogP contribution in [0.5, 0.6) is 5.75 Å². The molecule has 0 spiro atoms. The lowest BCUT2D eigenvalue weighted by Gasteiger charge is -2.15. The van der Waals surface area contributed by atoms with Crippen LogP contribution in [0.1, 0.15) is 31.1 Å². The van der Waals surface area contributed by atoms with E-state index < -0.39 is 11.9 Å². The molecule has 18 heavy (non-hydrogen) atoms. The number of rotatable bonds is 6. The molecule has 0 aromatic heterocycles. The van der Waals surface area contributed by atoms with Gasteiger partial charge in [0.15, 0.2) is 5.78 Å². The van der Waals surface area contributed by atoms with Gasteiger partial charge in [0.05, 0.1) is 6.61 Å². The molecule has 1 unspecified atom stereocenters. The number of aliphatic carboxylic acids is 1. The van der Waals surface area contributed by atoms with Gasteiger partial charge in [0, 0.05) is 5.56 Å². The minimum absolute atomic E-state index is 0.235. The van der Waals surface area contributed by atoms with E-state index in [0.717, 1.165) is 0 Å². The summed E-state index contributed by atoms with van der Waals surface area (Å²) in [6.07, 6.45) is 0. The number of carboxylic acid groups (broad SMARTS) is 1. The van der Waals surface area contributed by atoms with Crippen LogP contribution in [0, 0.1) is 11.8 Å². The van der Waals surface area contributed by atoms with Crippen molar-refractivity contribution in [3.05, 3.63) is 29.8 Å². The summed E-state index contributed by atoms with van der Waals surface area (Å²) in [6.45, 7) is 5.88. The average molecular weight is 250 g/mol. The molecule has 4 heteroatoms. The third kappa shape index (κ3) is 3.32. The molecule has 0 heterocycles. The lowest BCUT2D eigenvalue weighted by Crippen LogP contribution is -2.28. The molecule has 1 aromatic carbocycles. The number of ketones is 1. The van der Waals surface area contributed by atoms with Gasteiger partial charge in [-0.15, -0.1) is 0 Å². The van der Waals surface area contributed by atoms with Crippen molar-refractivity contribution in [2.24, 2.45) is 11.8 Å². The zero-order valence-electron chi connectivity index (χ0n) is 10.8. The van der Waals surface area contributed by atoms with Crippen molar-refractivity contribution in [3.63, 3.8) is 0 Å². The van der Waals surface area contributed by atoms with Gasteiger partial charge in [0.25, 0.3) is 0 Å². The SMILES string of the molecule is CCOc1ccc(C(=O)C(C(=O)O)C(C)C)cc1. The Morgan fingerprint density at radius 1 is 1.22 bits per heavy atom. The van der Waals surface area contributed by atoms with E-state index in [4.69, 9.17) is 9.84 Å². The van der Waals surface area contributed by atoms with Gasteiger partial charge in [-0.05, 0) is 37.1 Å². The Kier molecular flexibility index (Phi) is 4.89. The molecule has 0 aliphatic carbocycles. The molecule has 0 aliphatic heterocycles. The van der Waals surface area contributed by atoms with Gasteiger partial charge in [0.2, 0.25) is 0 Å². The molecule has 0 fully saturated rings. The normalized spacial score (nSPS) is 12.2. The molecule has 0 saturated heterocycles. The predicted octanol–water partition coefficient (Wildman–Crippen LogP) is 2.62. The Morgan fingerprint density at radius 2 is 1.78 bits per heavy atom. The Bertz CT molecular complexity index is 420. The largest absolute Gasteiger partial charge is 0.494 e. The van der Waals surface area contributed by atoms with E-state index in [9.17, 15) is 9.59 Å². The number of carboxylic acids is 1. The number of ether oxygens (including phenoxy) is 1. The summed E-state index contributed by atoms with van der Waals surface area (Å²) in [5.41, 5.74) is 0.402. The molecule has 1 atom stereocenters. The number of Topliss-reactive ketones (excluding diaryl/α,β-unsaturated/α-hetero) is 1. The summed E-state index contributed by atoms with van der Waals surface area (Å²) in [5, 5.41) is 9.07. The zero-order chi connectivity index (χ0) is 13.7. The maximum atomic E-state index is 12.1. The van der Waals surface area contributed by atoms with Crippen LogP contribution in [-0.2, 0) is 4.79 Å². The molecule has 0 bridgehead atoms. The van der Waals surface area contributed by atoms with Crippen LogP contribution in [0.15, 0.2) is 24.3 Å². The van der Waals surface area contributed by atoms with E-state index in [2.05, 4.69) is 0 Å². The Morgan fingerprint density at radius 3 is 2.17 bits per heavy atom. The third-order valence-corrected chi connectivity index (χ3v) is 2.67. The summed E-state index contributed by atoms with van der Waals surface area (Å²) in [7, 11) is 0. The minimum atomic E-state index is -1.08. The standard InChI is InChI=1S/C14H18O4/c1-4-18-11-7-5-10(6-8-11)13(15)12(9(2)3)14(16)17/h5-9,12H,4H2,1-3H3,(H,16,17). The average Bonchev–Trinajstić information content (AvgIpc) is 2.29. The van der Waals surface area contributed by atoms with Crippen LogP contribution < -0.4 is 4.74 Å². The lowest BCUT2D eigenvalue weighted by atomic mass is 9.88. The van der Waals surface area contributed by atoms with Gasteiger partial charge >= 0.3 is 5.97 Å². The quantitative estimate of drug-likeness (QED) is 0.622. The number of carbonyl (C=O) groups excluding carboxylic acids is 1. The second kappa shape index (κ2) is 6.19. The molecular formula is C14H18O4. The van der Waals surface area contributed by atoms with Crippen molar-refractivity contribution in [2.45, 2.75) is 20.8 Å². The van der Waals surface area contributed by atoms with Crippen molar-refractivity contribution in [1.29, 1.82) is 0 Å². The molecular weight excluding hydrogens is 232 g/mol. The highest BCUT2D eigenvalue weighted by molar-refractivity contribution is 6.08. The van der Waals surface area contributed by atoms with Gasteiger partial charge in [-0.1, -0.05) is 13.8 Å². The van der Waals surface area contributed by atoms with Crippen molar-refractivity contribution >= 4 is 11.8 Å². The first-order valence-corrected chi connectivity index (χ1v) is 5.97. The van der Waals surface area contributed by atoms with Gasteiger partial charge in [0.1, 0.15) is 11.7 Å². The van der Waals surface area contributed by atoms with E-state index >= 15 is 0 Å². The van der Waals surface area contributed by atoms with Crippen LogP contribution in [0.3, 0.4) is 0 Å². The van der Waals surface area contributed by atoms with Gasteiger partial charge in [-0.2, -0.15) is 0 Å². The monoisotopic (exact) mass is 250 g/mol. The second-order valence-corrected chi connectivity index (χ2v) is 4.38. The molecule has 1 N–H and O–H groups in total. The van der Waals surface area contributed by atoms with Crippen molar-refractivity contribution in [2.75, 3.05) is 6.61 Å². The first-order valence-electron chi connectivity index (χ1n) is 5.97. The summed E-state index contributed by atoms with van der Waals surface area (Å²) in [4.78, 5) is 23.2. The van der Waals surface area contributed by atoms with Crippen LogP contribution in [0.2, 0.25) is 0 Å². The number of hydrogen-bond donors (Lipinski definition) is 1. The van der Waals surface area contributed by atoms with E-state index in [0.29, 0.717) is 17.9 Å². The smallest absolute Gasteiger partial charge is 0.314 e. The summed E-state index contributed by atoms with van der Waals surface area (Å²) < 4.78 is 5.27. The Hall–Kier alpha value is -1.84. The van der Waals surface area contributed by atoms with Gasteiger partial charge in [-0.3, -0.25) is 9.59 Å². The topological polar surface area (TPSA) is 63.6 Å². The Balaban J connectivity index is 2.92. The number of benzene rings is 1. The maximum Gasteiger partial charge on any atom is 0.314 e. The molecule has 4 nitrogen and oxygen atoms in total. The summed E-state index contributed by atoms with van der Waals surface area (Å²) in [5.74, 6) is -2.00. The highest BCUT2D eigenvalue weighted by Gasteiger charge is 2.30. The fourth-order valence-electron chi connectivity index (χ4n) is 1.76. The first-order chi connectivity index (χ1) is 8.47. The van der Waals surface area contributed by atoms with E-state index in [1.807, 2.05) is 6.92 Å². The summed E-state index contributed by atoms with van der Waals surface area (Å²) >= 11 is 0. The van der Waals surface area contributed by atoms with Crippen LogP contribution in [0.4, 0.5) is 0 Å². The number of hydrogen-bond acceptors (Lipinski definition) is 3. The van der Waals surface area contributed by atoms with Crippen LogP contribution >= 0.6 is 0 Å². The highest BCUT2D eigenvalue weighted by Crippen LogP contribution is 2.20. The van der Waals surface area contributed by atoms with E-state index in [1.54, 1.807) is 38.1 Å². The van der Waals surface area contributed by atoms with Crippen LogP contribution in [0.25, 0.3) is 0 Å². The van der Waals surface area contributed by atoms with Crippen molar-refractivity contribution < 1.29 is 19.4 Å². The molecule has 1 rings (SSSR count). The fraction of sp³-hybridized carbons (Fsp3) is 0.429. The molecule has 0 radical (unpaired) electrons. The van der Waals surface area contributed by atoms with Crippen molar-refractivity contribution in [1.82, 2.24) is 0 Å². The maximum absolute atomic E-state index is 12.1. The lowest BCUT2D eigenvalue weighted by molar-refractivity contribution is -0.141. The predicted molar refractivity (Wildman–Crippen MR) is 67.9 cm³/mol. The molecule has 98 valence electrons. The zero-order valence-corrected chi connectivity index (χ0v) is 10.8. The van der Waals surface area contributed by atoms with E-state index in [-0.39, 0.29) is 11.7 Å². The molecule has 0 aliphatic rings.